The van der Waals surface area contributed by atoms with Crippen LogP contribution >= 0.6 is 0 Å². The number of carbonyl (C=O) groups excluding carboxylic acids is 3. The zero-order valence-corrected chi connectivity index (χ0v) is 7.33. The van der Waals surface area contributed by atoms with Crippen LogP contribution in [0.3, 0.4) is 0 Å². The molecule has 0 aliphatic rings. The third kappa shape index (κ3) is 5.60. The molecule has 0 aromatic carbocycles. The third-order valence-electron chi connectivity index (χ3n) is 1.15. The molecule has 0 aromatic heterocycles. The van der Waals surface area contributed by atoms with Gasteiger partial charge in [-0.3, -0.25) is 14.4 Å². The fourth-order valence-electron chi connectivity index (χ4n) is 0.493. The number of amides is 1. The Hall–Kier alpha value is -1.65. The highest BCUT2D eigenvalue weighted by atomic mass is 16.5. The lowest BCUT2D eigenvalue weighted by Crippen LogP contribution is -2.19. The Kier molecular flexibility index (Phi) is 4.43. The minimum absolute atomic E-state index is 0.00287. The molecule has 0 saturated heterocycles. The van der Waals surface area contributed by atoms with Gasteiger partial charge in [0.2, 0.25) is 5.91 Å². The van der Waals surface area contributed by atoms with Gasteiger partial charge in [0.1, 0.15) is 18.8 Å². The first-order chi connectivity index (χ1) is 5.93. The van der Waals surface area contributed by atoms with Gasteiger partial charge >= 0.3 is 5.97 Å². The van der Waals surface area contributed by atoms with Gasteiger partial charge in [0.25, 0.3) is 0 Å². The lowest BCUT2D eigenvalue weighted by molar-refractivity contribution is -0.144. The summed E-state index contributed by atoms with van der Waals surface area (Å²) < 4.78 is 4.52. The number of Topliss-reactive ketones (excluding diaryl/α,β-unsaturated/α-hetero) is 1. The van der Waals surface area contributed by atoms with Gasteiger partial charge in [-0.1, -0.05) is 6.58 Å². The second-order valence-corrected chi connectivity index (χ2v) is 2.51. The van der Waals surface area contributed by atoms with E-state index in [1.165, 1.54) is 6.92 Å². The van der Waals surface area contributed by atoms with E-state index >= 15 is 0 Å². The summed E-state index contributed by atoms with van der Waals surface area (Å²) in [5.74, 6) is -1.71. The maximum Gasteiger partial charge on any atom is 0.313 e. The maximum absolute atomic E-state index is 10.7. The SMILES string of the molecule is C=C(COC(=O)CC(C)=O)C(N)=O. The molecular weight excluding hydrogens is 174 g/mol. The number of ether oxygens (including phenoxy) is 1. The van der Waals surface area contributed by atoms with Crippen molar-refractivity contribution >= 4 is 17.7 Å². The Morgan fingerprint density at radius 3 is 2.31 bits per heavy atom. The number of hydrogen-bond donors (Lipinski definition) is 1. The minimum Gasteiger partial charge on any atom is -0.460 e. The predicted molar refractivity (Wildman–Crippen MR) is 44.6 cm³/mol. The lowest BCUT2D eigenvalue weighted by atomic mass is 10.3. The highest BCUT2D eigenvalue weighted by Crippen LogP contribution is 1.93. The Balaban J connectivity index is 3.77. The molecule has 0 bridgehead atoms. The normalized spacial score (nSPS) is 9.00. The summed E-state index contributed by atoms with van der Waals surface area (Å²) in [6.45, 7) is 4.27. The van der Waals surface area contributed by atoms with E-state index in [-0.39, 0.29) is 24.4 Å². The van der Waals surface area contributed by atoms with Gasteiger partial charge in [-0.05, 0) is 6.92 Å². The summed E-state index contributed by atoms with van der Waals surface area (Å²) in [7, 11) is 0. The molecule has 0 aliphatic heterocycles. The summed E-state index contributed by atoms with van der Waals surface area (Å²) >= 11 is 0. The van der Waals surface area contributed by atoms with Crippen LogP contribution in [0.15, 0.2) is 12.2 Å². The van der Waals surface area contributed by atoms with Crippen LogP contribution in [0, 0.1) is 0 Å². The van der Waals surface area contributed by atoms with Crippen molar-refractivity contribution in [2.24, 2.45) is 5.73 Å². The highest BCUT2D eigenvalue weighted by molar-refractivity contribution is 5.95. The van der Waals surface area contributed by atoms with Gasteiger partial charge in [0.05, 0.1) is 0 Å². The first kappa shape index (κ1) is 11.4. The van der Waals surface area contributed by atoms with E-state index in [1.54, 1.807) is 0 Å². The molecule has 0 saturated carbocycles. The van der Waals surface area contributed by atoms with Crippen molar-refractivity contribution < 1.29 is 19.1 Å². The van der Waals surface area contributed by atoms with E-state index < -0.39 is 11.9 Å². The number of nitrogens with two attached hydrogens (primary N) is 1. The summed E-state index contributed by atoms with van der Waals surface area (Å²) in [4.78, 5) is 31.6. The molecule has 0 radical (unpaired) electrons. The Bertz CT molecular complexity index is 257. The van der Waals surface area contributed by atoms with E-state index in [0.717, 1.165) is 0 Å². The van der Waals surface area contributed by atoms with Crippen molar-refractivity contribution in [3.63, 3.8) is 0 Å². The Morgan fingerprint density at radius 2 is 1.92 bits per heavy atom. The van der Waals surface area contributed by atoms with Crippen molar-refractivity contribution in [2.45, 2.75) is 13.3 Å². The monoisotopic (exact) mass is 185 g/mol. The zero-order chi connectivity index (χ0) is 10.4. The maximum atomic E-state index is 10.7. The second-order valence-electron chi connectivity index (χ2n) is 2.51. The number of primary amides is 1. The van der Waals surface area contributed by atoms with Crippen LogP contribution in [0.1, 0.15) is 13.3 Å². The van der Waals surface area contributed by atoms with E-state index in [2.05, 4.69) is 11.3 Å². The van der Waals surface area contributed by atoms with Crippen LogP contribution in [-0.2, 0) is 19.1 Å². The standard InChI is InChI=1S/C8H11NO4/c1-5(8(9)12)4-13-7(11)3-6(2)10/h1,3-4H2,2H3,(H2,9,12). The van der Waals surface area contributed by atoms with Crippen molar-refractivity contribution in [3.05, 3.63) is 12.2 Å². The van der Waals surface area contributed by atoms with E-state index in [1.807, 2.05) is 0 Å². The molecule has 0 unspecified atom stereocenters. The predicted octanol–water partition coefficient (Wildman–Crippen LogP) is -0.450. The number of hydrogen-bond acceptors (Lipinski definition) is 4. The molecule has 0 aromatic rings. The average Bonchev–Trinajstić information content (AvgIpc) is 1.98. The van der Waals surface area contributed by atoms with Crippen LogP contribution in [0.2, 0.25) is 0 Å². The van der Waals surface area contributed by atoms with Crippen molar-refractivity contribution in [1.29, 1.82) is 0 Å². The highest BCUT2D eigenvalue weighted by Gasteiger charge is 2.08. The fraction of sp³-hybridized carbons (Fsp3) is 0.375. The average molecular weight is 185 g/mol. The lowest BCUT2D eigenvalue weighted by Gasteiger charge is -2.02. The molecule has 5 heteroatoms. The Labute approximate surface area is 75.5 Å². The molecule has 2 N–H and O–H groups in total. The smallest absolute Gasteiger partial charge is 0.313 e. The van der Waals surface area contributed by atoms with Gasteiger partial charge in [-0.2, -0.15) is 0 Å². The summed E-state index contributed by atoms with van der Waals surface area (Å²) in [5, 5.41) is 0. The van der Waals surface area contributed by atoms with Crippen LogP contribution in [0.25, 0.3) is 0 Å². The molecule has 0 atom stereocenters. The second kappa shape index (κ2) is 5.08. The van der Waals surface area contributed by atoms with Crippen molar-refractivity contribution in [3.8, 4) is 0 Å². The van der Waals surface area contributed by atoms with Gasteiger partial charge < -0.3 is 10.5 Å². The number of carbonyl (C=O) groups is 3. The molecule has 13 heavy (non-hydrogen) atoms. The number of rotatable bonds is 5. The zero-order valence-electron chi connectivity index (χ0n) is 7.33. The van der Waals surface area contributed by atoms with Crippen LogP contribution in [-0.4, -0.2) is 24.3 Å². The fourth-order valence-corrected chi connectivity index (χ4v) is 0.493. The van der Waals surface area contributed by atoms with Crippen molar-refractivity contribution in [2.75, 3.05) is 6.61 Å². The first-order valence-corrected chi connectivity index (χ1v) is 3.56. The molecule has 0 rings (SSSR count). The number of ketones is 1. The Morgan fingerprint density at radius 1 is 1.38 bits per heavy atom. The molecule has 0 spiro atoms. The third-order valence-corrected chi connectivity index (χ3v) is 1.15. The first-order valence-electron chi connectivity index (χ1n) is 3.56. The molecule has 0 heterocycles. The van der Waals surface area contributed by atoms with Gasteiger partial charge in [0, 0.05) is 5.57 Å². The molecule has 1 amide bonds. The van der Waals surface area contributed by atoms with Crippen LogP contribution in [0.5, 0.6) is 0 Å². The van der Waals surface area contributed by atoms with Gasteiger partial charge in [-0.15, -0.1) is 0 Å². The van der Waals surface area contributed by atoms with Crippen LogP contribution < -0.4 is 5.73 Å². The van der Waals surface area contributed by atoms with Crippen molar-refractivity contribution in [1.82, 2.24) is 0 Å². The van der Waals surface area contributed by atoms with E-state index in [9.17, 15) is 14.4 Å². The van der Waals surface area contributed by atoms with E-state index in [0.29, 0.717) is 0 Å². The summed E-state index contributed by atoms with van der Waals surface area (Å²) in [5.41, 5.74) is 4.82. The molecule has 5 nitrogen and oxygen atoms in total. The quantitative estimate of drug-likeness (QED) is 0.357. The molecule has 0 fully saturated rings. The molecular formula is C8H11NO4. The molecule has 0 aliphatic carbocycles. The summed E-state index contributed by atoms with van der Waals surface area (Å²) in [6, 6.07) is 0. The molecule has 72 valence electrons. The topological polar surface area (TPSA) is 86.5 Å². The van der Waals surface area contributed by atoms with Crippen LogP contribution in [0.4, 0.5) is 0 Å². The van der Waals surface area contributed by atoms with Gasteiger partial charge in [-0.25, -0.2) is 0 Å². The largest absolute Gasteiger partial charge is 0.460 e. The summed E-state index contributed by atoms with van der Waals surface area (Å²) in [6.07, 6.45) is -0.300. The number of esters is 1. The minimum atomic E-state index is -0.726. The van der Waals surface area contributed by atoms with E-state index in [4.69, 9.17) is 5.73 Å². The van der Waals surface area contributed by atoms with Gasteiger partial charge in [0.15, 0.2) is 0 Å².